The number of nitrogens with one attached hydrogen (secondary N) is 1. The van der Waals surface area contributed by atoms with Crippen molar-refractivity contribution in [3.05, 3.63) is 90.0 Å². The summed E-state index contributed by atoms with van der Waals surface area (Å²) in [5, 5.41) is 2.91. The van der Waals surface area contributed by atoms with Gasteiger partial charge in [0, 0.05) is 12.6 Å². The van der Waals surface area contributed by atoms with Crippen LogP contribution in [0.25, 0.3) is 0 Å². The molecule has 2 amide bonds. The van der Waals surface area contributed by atoms with E-state index in [-0.39, 0.29) is 29.1 Å². The number of hydrogen-bond acceptors (Lipinski definition) is 5. The van der Waals surface area contributed by atoms with Crippen molar-refractivity contribution < 1.29 is 22.7 Å². The Balaban J connectivity index is 2.06. The predicted molar refractivity (Wildman–Crippen MR) is 163 cm³/mol. The van der Waals surface area contributed by atoms with E-state index in [4.69, 9.17) is 4.74 Å². The van der Waals surface area contributed by atoms with Gasteiger partial charge in [0.15, 0.2) is 0 Å². The molecule has 0 saturated carbocycles. The molecular formula is C32H41N3O5S. The molecule has 0 saturated heterocycles. The molecule has 1 atom stereocenters. The van der Waals surface area contributed by atoms with Crippen molar-refractivity contribution in [2.24, 2.45) is 0 Å². The van der Waals surface area contributed by atoms with E-state index in [0.717, 1.165) is 15.4 Å². The van der Waals surface area contributed by atoms with Gasteiger partial charge in [-0.05, 0) is 70.4 Å². The lowest BCUT2D eigenvalue weighted by Gasteiger charge is -2.34. The molecule has 0 aromatic heterocycles. The zero-order valence-electron chi connectivity index (χ0n) is 24.5. The molecule has 3 aromatic rings. The number of ether oxygens (including phenoxy) is 1. The highest BCUT2D eigenvalue weighted by atomic mass is 32.2. The van der Waals surface area contributed by atoms with E-state index in [9.17, 15) is 18.0 Å². The molecule has 1 unspecified atom stereocenters. The second-order valence-electron chi connectivity index (χ2n) is 10.1. The van der Waals surface area contributed by atoms with Crippen LogP contribution in [-0.2, 0) is 26.0 Å². The first-order valence-electron chi connectivity index (χ1n) is 14.0. The Bertz CT molecular complexity index is 1390. The smallest absolute Gasteiger partial charge is 0.264 e. The molecule has 1 N–H and O–H groups in total. The topological polar surface area (TPSA) is 96.0 Å². The average Bonchev–Trinajstić information content (AvgIpc) is 2.94. The first kappa shape index (κ1) is 31.7. The molecule has 0 aliphatic heterocycles. The normalized spacial score (nSPS) is 12.0. The summed E-state index contributed by atoms with van der Waals surface area (Å²) in [4.78, 5) is 28.9. The van der Waals surface area contributed by atoms with Crippen LogP contribution < -0.4 is 14.4 Å². The molecule has 0 spiro atoms. The summed E-state index contributed by atoms with van der Waals surface area (Å²) in [5.74, 6) is -0.404. The number of rotatable bonds is 14. The molecule has 0 aliphatic carbocycles. The van der Waals surface area contributed by atoms with Gasteiger partial charge < -0.3 is 15.0 Å². The van der Waals surface area contributed by atoms with Crippen LogP contribution >= 0.6 is 0 Å². The second-order valence-corrected chi connectivity index (χ2v) is 12.0. The Labute approximate surface area is 244 Å². The van der Waals surface area contributed by atoms with Gasteiger partial charge in [0.05, 0.1) is 17.2 Å². The van der Waals surface area contributed by atoms with Crippen molar-refractivity contribution >= 4 is 27.5 Å². The molecule has 0 fully saturated rings. The van der Waals surface area contributed by atoms with E-state index >= 15 is 0 Å². The van der Waals surface area contributed by atoms with Gasteiger partial charge >= 0.3 is 0 Å². The van der Waals surface area contributed by atoms with Gasteiger partial charge in [-0.25, -0.2) is 8.42 Å². The van der Waals surface area contributed by atoms with E-state index in [2.05, 4.69) is 5.32 Å². The molecule has 220 valence electrons. The van der Waals surface area contributed by atoms with Gasteiger partial charge in [-0.3, -0.25) is 13.9 Å². The SMILES string of the molecule is CCOc1ccccc1N(CC(=O)N(CCc1ccccc1)C(CC)C(=O)NC(C)C)S(=O)(=O)c1ccc(C)cc1. The van der Waals surface area contributed by atoms with E-state index in [1.807, 2.05) is 65.0 Å². The summed E-state index contributed by atoms with van der Waals surface area (Å²) >= 11 is 0. The van der Waals surface area contributed by atoms with Crippen LogP contribution in [0.4, 0.5) is 5.69 Å². The number of benzene rings is 3. The van der Waals surface area contributed by atoms with E-state index in [0.29, 0.717) is 25.2 Å². The van der Waals surface area contributed by atoms with Crippen LogP contribution in [0.3, 0.4) is 0 Å². The fraction of sp³-hybridized carbons (Fsp3) is 0.375. The third-order valence-electron chi connectivity index (χ3n) is 6.62. The number of para-hydroxylation sites is 2. The molecule has 41 heavy (non-hydrogen) atoms. The highest BCUT2D eigenvalue weighted by Gasteiger charge is 2.34. The van der Waals surface area contributed by atoms with Crippen molar-refractivity contribution in [2.45, 2.75) is 64.4 Å². The van der Waals surface area contributed by atoms with Gasteiger partial charge in [0.25, 0.3) is 10.0 Å². The fourth-order valence-corrected chi connectivity index (χ4v) is 5.99. The Morgan fingerprint density at radius 1 is 0.902 bits per heavy atom. The lowest BCUT2D eigenvalue weighted by atomic mass is 10.1. The molecule has 0 radical (unpaired) electrons. The van der Waals surface area contributed by atoms with Crippen LogP contribution in [0, 0.1) is 6.92 Å². The monoisotopic (exact) mass is 579 g/mol. The third-order valence-corrected chi connectivity index (χ3v) is 8.40. The van der Waals surface area contributed by atoms with Crippen molar-refractivity contribution in [3.63, 3.8) is 0 Å². The zero-order chi connectivity index (χ0) is 30.0. The Morgan fingerprint density at radius 3 is 2.15 bits per heavy atom. The van der Waals surface area contributed by atoms with Gasteiger partial charge in [-0.15, -0.1) is 0 Å². The lowest BCUT2D eigenvalue weighted by molar-refractivity contribution is -0.139. The number of aryl methyl sites for hydroxylation is 1. The van der Waals surface area contributed by atoms with Crippen LogP contribution in [0.15, 0.2) is 83.8 Å². The standard InChI is InChI=1S/C32H41N3O5S/c1-6-28(32(37)33-24(3)4)34(22-21-26-13-9-8-10-14-26)31(36)23-35(29-15-11-12-16-30(29)40-7-2)41(38,39)27-19-17-25(5)18-20-27/h8-20,24,28H,6-7,21-23H2,1-5H3,(H,33,37). The van der Waals surface area contributed by atoms with Crippen molar-refractivity contribution in [1.29, 1.82) is 0 Å². The molecule has 3 aromatic carbocycles. The van der Waals surface area contributed by atoms with E-state index in [1.54, 1.807) is 36.4 Å². The van der Waals surface area contributed by atoms with Crippen LogP contribution in [-0.4, -0.2) is 56.9 Å². The maximum absolute atomic E-state index is 14.1. The molecule has 9 heteroatoms. The number of nitrogens with zero attached hydrogens (tertiary/aromatic N) is 2. The van der Waals surface area contributed by atoms with E-state index in [1.165, 1.54) is 17.0 Å². The minimum Gasteiger partial charge on any atom is -0.492 e. The molecule has 0 aliphatic rings. The summed E-state index contributed by atoms with van der Waals surface area (Å²) in [6.45, 7) is 9.32. The second kappa shape index (κ2) is 14.7. The summed E-state index contributed by atoms with van der Waals surface area (Å²) in [7, 11) is -4.17. The summed E-state index contributed by atoms with van der Waals surface area (Å²) < 4.78 is 35.0. The minimum atomic E-state index is -4.17. The van der Waals surface area contributed by atoms with Crippen molar-refractivity contribution in [1.82, 2.24) is 10.2 Å². The van der Waals surface area contributed by atoms with E-state index < -0.39 is 28.5 Å². The fourth-order valence-electron chi connectivity index (χ4n) is 4.57. The van der Waals surface area contributed by atoms with Gasteiger partial charge in [-0.2, -0.15) is 0 Å². The third kappa shape index (κ3) is 8.33. The highest BCUT2D eigenvalue weighted by Crippen LogP contribution is 2.33. The van der Waals surface area contributed by atoms with Gasteiger partial charge in [-0.1, -0.05) is 67.1 Å². The highest BCUT2D eigenvalue weighted by molar-refractivity contribution is 7.92. The number of carbonyl (C=O) groups is 2. The summed E-state index contributed by atoms with van der Waals surface area (Å²) in [5.41, 5.74) is 2.18. The number of sulfonamides is 1. The Morgan fingerprint density at radius 2 is 1.54 bits per heavy atom. The number of hydrogen-bond donors (Lipinski definition) is 1. The Kier molecular flexibility index (Phi) is 11.3. The van der Waals surface area contributed by atoms with Crippen LogP contribution in [0.2, 0.25) is 0 Å². The molecule has 0 bridgehead atoms. The summed E-state index contributed by atoms with van der Waals surface area (Å²) in [6, 6.07) is 22.1. The predicted octanol–water partition coefficient (Wildman–Crippen LogP) is 4.96. The number of anilines is 1. The van der Waals surface area contributed by atoms with Crippen LogP contribution in [0.1, 0.15) is 45.2 Å². The minimum absolute atomic E-state index is 0.0580. The first-order chi connectivity index (χ1) is 19.6. The molecule has 0 heterocycles. The van der Waals surface area contributed by atoms with Gasteiger partial charge in [0.1, 0.15) is 18.3 Å². The van der Waals surface area contributed by atoms with Crippen molar-refractivity contribution in [3.8, 4) is 5.75 Å². The molecular weight excluding hydrogens is 538 g/mol. The first-order valence-corrected chi connectivity index (χ1v) is 15.5. The zero-order valence-corrected chi connectivity index (χ0v) is 25.4. The van der Waals surface area contributed by atoms with Gasteiger partial charge in [0.2, 0.25) is 11.8 Å². The largest absolute Gasteiger partial charge is 0.492 e. The quantitative estimate of drug-likeness (QED) is 0.291. The lowest BCUT2D eigenvalue weighted by Crippen LogP contribution is -2.54. The van der Waals surface area contributed by atoms with Crippen LogP contribution in [0.5, 0.6) is 5.75 Å². The Hall–Kier alpha value is -3.85. The molecule has 8 nitrogen and oxygen atoms in total. The number of carbonyl (C=O) groups excluding carboxylic acids is 2. The van der Waals surface area contributed by atoms with Crippen molar-refractivity contribution in [2.75, 3.05) is 24.0 Å². The summed E-state index contributed by atoms with van der Waals surface area (Å²) in [6.07, 6.45) is 0.887. The average molecular weight is 580 g/mol. The maximum atomic E-state index is 14.1. The maximum Gasteiger partial charge on any atom is 0.264 e. The molecule has 3 rings (SSSR count). The number of amides is 2.